The molecule has 3 N–H and O–H groups in total. The van der Waals surface area contributed by atoms with Crippen LogP contribution < -0.4 is 11.1 Å². The smallest absolute Gasteiger partial charge is 0.224 e. The van der Waals surface area contributed by atoms with Gasteiger partial charge in [-0.05, 0) is 47.4 Å². The van der Waals surface area contributed by atoms with Crippen molar-refractivity contribution in [2.75, 3.05) is 5.32 Å². The number of tetrazole rings is 1. The van der Waals surface area contributed by atoms with E-state index in [0.29, 0.717) is 12.3 Å². The van der Waals surface area contributed by atoms with E-state index in [2.05, 4.69) is 20.8 Å². The minimum atomic E-state index is 0. The van der Waals surface area contributed by atoms with Crippen LogP contribution in [0.25, 0.3) is 5.69 Å². The van der Waals surface area contributed by atoms with E-state index in [1.165, 1.54) is 6.33 Å². The highest BCUT2D eigenvalue weighted by molar-refractivity contribution is 5.91. The van der Waals surface area contributed by atoms with E-state index < -0.39 is 0 Å². The molecule has 1 heterocycles. The lowest BCUT2D eigenvalue weighted by atomic mass is 10.00. The van der Waals surface area contributed by atoms with Crippen molar-refractivity contribution in [3.05, 3.63) is 30.6 Å². The van der Waals surface area contributed by atoms with Gasteiger partial charge in [0.05, 0.1) is 5.69 Å². The zero-order valence-electron chi connectivity index (χ0n) is 12.1. The summed E-state index contributed by atoms with van der Waals surface area (Å²) >= 11 is 0. The lowest BCUT2D eigenvalue weighted by molar-refractivity contribution is -0.117. The van der Waals surface area contributed by atoms with Gasteiger partial charge >= 0.3 is 0 Å². The van der Waals surface area contributed by atoms with Crippen LogP contribution >= 0.6 is 12.4 Å². The summed E-state index contributed by atoms with van der Waals surface area (Å²) < 4.78 is 1.54. The number of halogens is 1. The lowest BCUT2D eigenvalue weighted by Crippen LogP contribution is -2.28. The Kier molecular flexibility index (Phi) is 5.46. The second kappa shape index (κ2) is 7.33. The minimum absolute atomic E-state index is 0. The first-order chi connectivity index (χ1) is 10.2. The van der Waals surface area contributed by atoms with Crippen LogP contribution in [0, 0.1) is 5.92 Å². The molecule has 3 rings (SSSR count). The topological polar surface area (TPSA) is 98.7 Å². The molecule has 0 unspecified atom stereocenters. The summed E-state index contributed by atoms with van der Waals surface area (Å²) in [6.45, 7) is 0. The predicted octanol–water partition coefficient (Wildman–Crippen LogP) is 1.54. The molecule has 1 fully saturated rings. The van der Waals surface area contributed by atoms with Crippen LogP contribution in [-0.2, 0) is 4.79 Å². The van der Waals surface area contributed by atoms with Crippen molar-refractivity contribution >= 4 is 24.0 Å². The highest BCUT2D eigenvalue weighted by atomic mass is 35.5. The maximum absolute atomic E-state index is 12.1. The van der Waals surface area contributed by atoms with Gasteiger partial charge in [-0.15, -0.1) is 17.5 Å². The van der Waals surface area contributed by atoms with E-state index in [9.17, 15) is 4.79 Å². The van der Waals surface area contributed by atoms with Gasteiger partial charge in [-0.2, -0.15) is 0 Å². The maximum atomic E-state index is 12.1. The first kappa shape index (κ1) is 16.4. The number of aromatic nitrogens is 4. The molecule has 1 amide bonds. The van der Waals surface area contributed by atoms with Crippen LogP contribution in [0.5, 0.6) is 0 Å². The highest BCUT2D eigenvalue weighted by Crippen LogP contribution is 2.27. The van der Waals surface area contributed by atoms with Gasteiger partial charge in [0.15, 0.2) is 0 Å². The largest absolute Gasteiger partial charge is 0.327 e. The van der Waals surface area contributed by atoms with Crippen LogP contribution in [0.4, 0.5) is 5.69 Å². The van der Waals surface area contributed by atoms with E-state index in [1.807, 2.05) is 24.3 Å². The van der Waals surface area contributed by atoms with Crippen molar-refractivity contribution in [1.82, 2.24) is 20.2 Å². The van der Waals surface area contributed by atoms with Gasteiger partial charge in [-0.1, -0.05) is 12.5 Å². The molecule has 1 aliphatic carbocycles. The van der Waals surface area contributed by atoms with E-state index in [0.717, 1.165) is 30.6 Å². The van der Waals surface area contributed by atoms with Crippen LogP contribution in [0.2, 0.25) is 0 Å². The Morgan fingerprint density at radius 3 is 2.95 bits per heavy atom. The molecule has 2 aromatic rings. The first-order valence-corrected chi connectivity index (χ1v) is 7.11. The molecular weight excluding hydrogens is 304 g/mol. The van der Waals surface area contributed by atoms with Crippen LogP contribution in [0.3, 0.4) is 0 Å². The Balaban J connectivity index is 0.00000176. The lowest BCUT2D eigenvalue weighted by Gasteiger charge is -2.15. The summed E-state index contributed by atoms with van der Waals surface area (Å²) in [7, 11) is 0. The molecule has 2 atom stereocenters. The Bertz CT molecular complexity index is 618. The second-order valence-corrected chi connectivity index (χ2v) is 5.41. The van der Waals surface area contributed by atoms with Crippen molar-refractivity contribution in [3.63, 3.8) is 0 Å². The SMILES string of the molecule is Cl.N[C@@H]1CCC[C@H]1CC(=O)Nc1cccc(-n2cnnn2)c1. The fraction of sp³-hybridized carbons (Fsp3) is 0.429. The van der Waals surface area contributed by atoms with E-state index in [4.69, 9.17) is 5.73 Å². The van der Waals surface area contributed by atoms with E-state index >= 15 is 0 Å². The van der Waals surface area contributed by atoms with Gasteiger partial charge < -0.3 is 11.1 Å². The molecule has 0 radical (unpaired) electrons. The molecule has 1 aliphatic rings. The number of carbonyl (C=O) groups is 1. The van der Waals surface area contributed by atoms with Crippen LogP contribution in [0.1, 0.15) is 25.7 Å². The second-order valence-electron chi connectivity index (χ2n) is 5.41. The molecule has 0 spiro atoms. The number of hydrogen-bond donors (Lipinski definition) is 2. The average molecular weight is 323 g/mol. The van der Waals surface area contributed by atoms with Crippen molar-refractivity contribution in [1.29, 1.82) is 0 Å². The van der Waals surface area contributed by atoms with Crippen molar-refractivity contribution in [3.8, 4) is 5.69 Å². The predicted molar refractivity (Wildman–Crippen MR) is 85.0 cm³/mol. The maximum Gasteiger partial charge on any atom is 0.224 e. The number of anilines is 1. The van der Waals surface area contributed by atoms with Gasteiger partial charge in [0, 0.05) is 18.2 Å². The third-order valence-corrected chi connectivity index (χ3v) is 3.91. The molecule has 0 bridgehead atoms. The zero-order chi connectivity index (χ0) is 14.7. The molecule has 1 aromatic heterocycles. The Morgan fingerprint density at radius 1 is 1.41 bits per heavy atom. The molecule has 22 heavy (non-hydrogen) atoms. The highest BCUT2D eigenvalue weighted by Gasteiger charge is 2.25. The molecule has 1 saturated carbocycles. The Morgan fingerprint density at radius 2 is 2.27 bits per heavy atom. The molecule has 118 valence electrons. The average Bonchev–Trinajstić information content (AvgIpc) is 3.12. The quantitative estimate of drug-likeness (QED) is 0.889. The van der Waals surface area contributed by atoms with Gasteiger partial charge in [-0.25, -0.2) is 4.68 Å². The van der Waals surface area contributed by atoms with Crippen LogP contribution in [-0.4, -0.2) is 32.2 Å². The van der Waals surface area contributed by atoms with Crippen LogP contribution in [0.15, 0.2) is 30.6 Å². The fourth-order valence-electron chi connectivity index (χ4n) is 2.77. The number of nitrogens with zero attached hydrogens (tertiary/aromatic N) is 4. The molecule has 8 heteroatoms. The van der Waals surface area contributed by atoms with Gasteiger partial charge in [0.1, 0.15) is 6.33 Å². The summed E-state index contributed by atoms with van der Waals surface area (Å²) in [4.78, 5) is 12.1. The standard InChI is InChI=1S/C14H18N6O.ClH/c15-13-6-1-3-10(13)7-14(21)17-11-4-2-5-12(8-11)20-9-16-18-19-20;/h2,4-5,8-10,13H,1,3,6-7,15H2,(H,17,21);1H/t10-,13+;/m0./s1. The summed E-state index contributed by atoms with van der Waals surface area (Å²) in [5.41, 5.74) is 7.54. The number of hydrogen-bond acceptors (Lipinski definition) is 5. The Labute approximate surface area is 134 Å². The van der Waals surface area contributed by atoms with Crippen molar-refractivity contribution < 1.29 is 4.79 Å². The number of nitrogens with two attached hydrogens (primary N) is 1. The Hall–Kier alpha value is -1.99. The molecular formula is C14H19ClN6O. The third-order valence-electron chi connectivity index (χ3n) is 3.91. The van der Waals surface area contributed by atoms with Gasteiger partial charge in [-0.3, -0.25) is 4.79 Å². The van der Waals surface area contributed by atoms with Gasteiger partial charge in [0.2, 0.25) is 5.91 Å². The summed E-state index contributed by atoms with van der Waals surface area (Å²) in [5, 5.41) is 13.9. The summed E-state index contributed by atoms with van der Waals surface area (Å²) in [6, 6.07) is 7.57. The van der Waals surface area contributed by atoms with E-state index in [-0.39, 0.29) is 24.4 Å². The van der Waals surface area contributed by atoms with E-state index in [1.54, 1.807) is 4.68 Å². The number of rotatable bonds is 4. The zero-order valence-corrected chi connectivity index (χ0v) is 12.9. The molecule has 1 aromatic carbocycles. The van der Waals surface area contributed by atoms with Crippen molar-refractivity contribution in [2.24, 2.45) is 11.7 Å². The third kappa shape index (κ3) is 3.80. The van der Waals surface area contributed by atoms with Crippen molar-refractivity contribution in [2.45, 2.75) is 31.7 Å². The number of carbonyl (C=O) groups excluding carboxylic acids is 1. The monoisotopic (exact) mass is 322 g/mol. The fourth-order valence-corrected chi connectivity index (χ4v) is 2.77. The number of amides is 1. The molecule has 7 nitrogen and oxygen atoms in total. The normalized spacial score (nSPS) is 20.4. The molecule has 0 aliphatic heterocycles. The van der Waals surface area contributed by atoms with Gasteiger partial charge in [0.25, 0.3) is 0 Å². The number of benzene rings is 1. The summed E-state index contributed by atoms with van der Waals surface area (Å²) in [6.07, 6.45) is 5.18. The molecule has 0 saturated heterocycles. The summed E-state index contributed by atoms with van der Waals surface area (Å²) in [5.74, 6) is 0.305. The number of nitrogens with one attached hydrogen (secondary N) is 1. The first-order valence-electron chi connectivity index (χ1n) is 7.11. The minimum Gasteiger partial charge on any atom is -0.327 e.